The molecule has 1 fully saturated rings. The molecule has 7 rings (SSSR count). The van der Waals surface area contributed by atoms with Crippen molar-refractivity contribution in [3.63, 3.8) is 0 Å². The van der Waals surface area contributed by atoms with Crippen molar-refractivity contribution >= 4 is 23.2 Å². The maximum atomic E-state index is 14.0. The van der Waals surface area contributed by atoms with E-state index >= 15 is 0 Å². The molecular formula is C26H20N2O6. The summed E-state index contributed by atoms with van der Waals surface area (Å²) in [4.78, 5) is 40.1. The van der Waals surface area contributed by atoms with Crippen molar-refractivity contribution in [2.24, 2.45) is 11.8 Å². The molecule has 2 bridgehead atoms. The first-order valence-corrected chi connectivity index (χ1v) is 11.0. The van der Waals surface area contributed by atoms with Crippen LogP contribution in [0.4, 0.5) is 11.4 Å². The van der Waals surface area contributed by atoms with Gasteiger partial charge in [-0.15, -0.1) is 0 Å². The summed E-state index contributed by atoms with van der Waals surface area (Å²) in [7, 11) is 1.39. The molecule has 1 N–H and O–H groups in total. The number of nitro benzene ring substituents is 1. The van der Waals surface area contributed by atoms with E-state index in [1.165, 1.54) is 25.3 Å². The molecule has 0 unspecified atom stereocenters. The highest BCUT2D eigenvalue weighted by Crippen LogP contribution is 2.64. The van der Waals surface area contributed by atoms with E-state index in [2.05, 4.69) is 0 Å². The number of imide groups is 1. The van der Waals surface area contributed by atoms with Crippen LogP contribution in [0.15, 0.2) is 66.7 Å². The fourth-order valence-corrected chi connectivity index (χ4v) is 6.40. The Kier molecular flexibility index (Phi) is 4.22. The maximum Gasteiger partial charge on any atom is 0.297 e. The second kappa shape index (κ2) is 6.98. The summed E-state index contributed by atoms with van der Waals surface area (Å²) < 4.78 is 5.11. The van der Waals surface area contributed by atoms with E-state index in [4.69, 9.17) is 4.74 Å². The van der Waals surface area contributed by atoms with E-state index in [0.717, 1.165) is 27.2 Å². The number of rotatable bonds is 4. The highest BCUT2D eigenvalue weighted by atomic mass is 16.6. The van der Waals surface area contributed by atoms with Gasteiger partial charge >= 0.3 is 0 Å². The predicted molar refractivity (Wildman–Crippen MR) is 122 cm³/mol. The molecule has 0 radical (unpaired) electrons. The minimum absolute atomic E-state index is 0.0872. The fraction of sp³-hybridized carbons (Fsp3) is 0.231. The number of methoxy groups -OCH3 is 1. The van der Waals surface area contributed by atoms with E-state index in [1.54, 1.807) is 0 Å². The van der Waals surface area contributed by atoms with Gasteiger partial charge in [0, 0.05) is 5.92 Å². The molecule has 34 heavy (non-hydrogen) atoms. The zero-order valence-electron chi connectivity index (χ0n) is 18.2. The van der Waals surface area contributed by atoms with Crippen molar-refractivity contribution in [2.75, 3.05) is 18.6 Å². The van der Waals surface area contributed by atoms with Crippen LogP contribution in [0.25, 0.3) is 0 Å². The lowest BCUT2D eigenvalue weighted by molar-refractivity contribution is -0.384. The minimum Gasteiger partial charge on any atom is -0.496 e. The largest absolute Gasteiger partial charge is 0.496 e. The molecule has 1 heterocycles. The Morgan fingerprint density at radius 2 is 1.62 bits per heavy atom. The summed E-state index contributed by atoms with van der Waals surface area (Å²) in [5.74, 6) is -2.81. The van der Waals surface area contributed by atoms with Gasteiger partial charge in [0.1, 0.15) is 11.4 Å². The Balaban J connectivity index is 1.61. The number of benzene rings is 3. The number of anilines is 1. The fourth-order valence-electron chi connectivity index (χ4n) is 6.40. The molecule has 170 valence electrons. The number of hydrogen-bond acceptors (Lipinski definition) is 6. The number of aliphatic hydroxyl groups is 1. The van der Waals surface area contributed by atoms with Crippen molar-refractivity contribution in [3.8, 4) is 5.75 Å². The zero-order chi connectivity index (χ0) is 23.8. The number of carbonyl (C=O) groups excluding carboxylic acids is 2. The molecule has 1 saturated heterocycles. The topological polar surface area (TPSA) is 110 Å². The summed E-state index contributed by atoms with van der Waals surface area (Å²) in [5.41, 5.74) is 1.88. The quantitative estimate of drug-likeness (QED) is 0.367. The maximum absolute atomic E-state index is 14.0. The first-order valence-electron chi connectivity index (χ1n) is 11.0. The lowest BCUT2D eigenvalue weighted by Crippen LogP contribution is -2.55. The molecule has 8 heteroatoms. The van der Waals surface area contributed by atoms with Crippen molar-refractivity contribution < 1.29 is 24.4 Å². The van der Waals surface area contributed by atoms with Gasteiger partial charge in [0.15, 0.2) is 0 Å². The highest BCUT2D eigenvalue weighted by molar-refractivity contribution is 6.24. The van der Waals surface area contributed by atoms with Crippen LogP contribution in [0.5, 0.6) is 5.75 Å². The van der Waals surface area contributed by atoms with Gasteiger partial charge in [-0.05, 0) is 34.4 Å². The van der Waals surface area contributed by atoms with Crippen LogP contribution < -0.4 is 9.64 Å². The van der Waals surface area contributed by atoms with Gasteiger partial charge in [-0.25, -0.2) is 4.90 Å². The summed E-state index contributed by atoms with van der Waals surface area (Å²) >= 11 is 0. The van der Waals surface area contributed by atoms with Gasteiger partial charge < -0.3 is 9.84 Å². The van der Waals surface area contributed by atoms with E-state index < -0.39 is 34.0 Å². The molecule has 3 aromatic carbocycles. The summed E-state index contributed by atoms with van der Waals surface area (Å²) in [5, 5.41) is 22.7. The van der Waals surface area contributed by atoms with Crippen molar-refractivity contribution in [1.29, 1.82) is 0 Å². The van der Waals surface area contributed by atoms with Crippen LogP contribution in [0.3, 0.4) is 0 Å². The molecule has 0 spiro atoms. The number of nitro groups is 1. The molecule has 8 nitrogen and oxygen atoms in total. The van der Waals surface area contributed by atoms with Crippen molar-refractivity contribution in [3.05, 3.63) is 99.1 Å². The summed E-state index contributed by atoms with van der Waals surface area (Å²) in [6, 6.07) is 19.2. The van der Waals surface area contributed by atoms with Crippen molar-refractivity contribution in [1.82, 2.24) is 0 Å². The number of carbonyl (C=O) groups is 2. The molecule has 3 aliphatic carbocycles. The molecule has 2 amide bonds. The number of nitrogens with zero attached hydrogens (tertiary/aromatic N) is 2. The molecule has 1 aliphatic heterocycles. The van der Waals surface area contributed by atoms with Gasteiger partial charge in [0.2, 0.25) is 11.8 Å². The number of amides is 2. The van der Waals surface area contributed by atoms with E-state index in [0.29, 0.717) is 0 Å². The Morgan fingerprint density at radius 3 is 2.18 bits per heavy atom. The third-order valence-electron chi connectivity index (χ3n) is 7.66. The summed E-state index contributed by atoms with van der Waals surface area (Å²) in [6.45, 7) is -0.369. The lowest BCUT2D eigenvalue weighted by atomic mass is 9.47. The van der Waals surface area contributed by atoms with Crippen LogP contribution in [0.1, 0.15) is 28.2 Å². The molecule has 0 aromatic heterocycles. The highest BCUT2D eigenvalue weighted by Gasteiger charge is 2.68. The average Bonchev–Trinajstić information content (AvgIpc) is 3.14. The molecule has 2 atom stereocenters. The second-order valence-corrected chi connectivity index (χ2v) is 8.91. The monoisotopic (exact) mass is 456 g/mol. The third-order valence-corrected chi connectivity index (χ3v) is 7.66. The van der Waals surface area contributed by atoms with Crippen LogP contribution in [0.2, 0.25) is 0 Å². The Morgan fingerprint density at radius 1 is 1.00 bits per heavy atom. The van der Waals surface area contributed by atoms with Crippen molar-refractivity contribution in [2.45, 2.75) is 11.3 Å². The molecule has 4 aliphatic rings. The van der Waals surface area contributed by atoms with Gasteiger partial charge in [-0.3, -0.25) is 19.7 Å². The van der Waals surface area contributed by atoms with Crippen LogP contribution in [0, 0.1) is 22.0 Å². The first kappa shape index (κ1) is 20.6. The Labute approximate surface area is 194 Å². The Hall–Kier alpha value is -4.04. The second-order valence-electron chi connectivity index (χ2n) is 8.91. The Bertz CT molecular complexity index is 1350. The van der Waals surface area contributed by atoms with Crippen LogP contribution >= 0.6 is 0 Å². The lowest BCUT2D eigenvalue weighted by Gasteiger charge is -2.53. The first-order chi connectivity index (χ1) is 16.5. The number of ether oxygens (including phenoxy) is 1. The molecule has 3 aromatic rings. The van der Waals surface area contributed by atoms with E-state index in [-0.39, 0.29) is 29.6 Å². The molecule has 0 saturated carbocycles. The number of aliphatic hydroxyl groups excluding tert-OH is 1. The standard InChI is InChI=1S/C26H20N2O6/c1-34-14-10-11-19(20(12-14)28(32)33)27-24(30)22-21-15-6-2-4-8-17(15)26(13-29,23(22)25(27)31)18-9-5-3-7-16(18)21/h2-12,21-23,29H,13H2,1H3/t21?,22-,23+,26?/m0/s1. The van der Waals surface area contributed by atoms with Gasteiger partial charge in [-0.1, -0.05) is 48.5 Å². The van der Waals surface area contributed by atoms with Crippen LogP contribution in [-0.2, 0) is 15.0 Å². The third kappa shape index (κ3) is 2.30. The van der Waals surface area contributed by atoms with E-state index in [9.17, 15) is 24.8 Å². The normalized spacial score (nSPS) is 26.2. The van der Waals surface area contributed by atoms with Gasteiger partial charge in [-0.2, -0.15) is 0 Å². The smallest absolute Gasteiger partial charge is 0.297 e. The molecular weight excluding hydrogens is 436 g/mol. The minimum atomic E-state index is -1.12. The van der Waals surface area contributed by atoms with Crippen LogP contribution in [-0.4, -0.2) is 35.6 Å². The van der Waals surface area contributed by atoms with E-state index in [1.807, 2.05) is 48.5 Å². The van der Waals surface area contributed by atoms with Gasteiger partial charge in [0.05, 0.1) is 42.0 Å². The van der Waals surface area contributed by atoms with Gasteiger partial charge in [0.25, 0.3) is 5.69 Å². The SMILES string of the molecule is COc1ccc(N2C(=O)[C@H]3C4c5ccccc5C(CO)(c5ccccc54)[C@H]3C2=O)c([N+](=O)[O-])c1. The summed E-state index contributed by atoms with van der Waals surface area (Å²) in [6.07, 6.45) is 0. The number of hydrogen-bond donors (Lipinski definition) is 1. The average molecular weight is 456 g/mol. The zero-order valence-corrected chi connectivity index (χ0v) is 18.2. The predicted octanol–water partition coefficient (Wildman–Crippen LogP) is 3.15.